The van der Waals surface area contributed by atoms with Gasteiger partial charge < -0.3 is 9.73 Å². The topological polar surface area (TPSA) is 96.7 Å². The van der Waals surface area contributed by atoms with E-state index in [1.54, 1.807) is 18.5 Å². The van der Waals surface area contributed by atoms with Gasteiger partial charge in [-0.15, -0.1) is 0 Å². The molecule has 0 aliphatic rings. The minimum atomic E-state index is -0.0818. The van der Waals surface area contributed by atoms with Gasteiger partial charge in [-0.3, -0.25) is 9.89 Å². The lowest BCUT2D eigenvalue weighted by atomic mass is 10.4. The molecule has 1 amide bonds. The van der Waals surface area contributed by atoms with E-state index in [4.69, 9.17) is 4.42 Å². The Morgan fingerprint density at radius 1 is 1.45 bits per heavy atom. The standard InChI is InChI=1S/C12H11N5O2S/c18-10(13-4-8-2-1-3-19-8)6-20-12-9-5-16-17-11(9)14-7-15-12/h1-3,5,7H,4,6H2,(H,13,18)(H,14,15,16,17). The van der Waals surface area contributed by atoms with E-state index in [9.17, 15) is 4.79 Å². The van der Waals surface area contributed by atoms with Crippen molar-refractivity contribution in [1.29, 1.82) is 0 Å². The number of H-pyrrole nitrogens is 1. The first-order chi connectivity index (χ1) is 9.83. The van der Waals surface area contributed by atoms with Crippen LogP contribution < -0.4 is 5.32 Å². The number of nitrogens with zero attached hydrogens (tertiary/aromatic N) is 3. The third-order valence-corrected chi connectivity index (χ3v) is 3.60. The average molecular weight is 289 g/mol. The molecule has 0 saturated carbocycles. The average Bonchev–Trinajstić information content (AvgIpc) is 3.13. The number of nitrogens with one attached hydrogen (secondary N) is 2. The van der Waals surface area contributed by atoms with Gasteiger partial charge in [0.1, 0.15) is 17.1 Å². The van der Waals surface area contributed by atoms with Crippen molar-refractivity contribution in [1.82, 2.24) is 25.5 Å². The molecular weight excluding hydrogens is 278 g/mol. The first kappa shape index (κ1) is 12.7. The lowest BCUT2D eigenvalue weighted by molar-refractivity contribution is -0.118. The largest absolute Gasteiger partial charge is 0.467 e. The highest BCUT2D eigenvalue weighted by Crippen LogP contribution is 2.22. The van der Waals surface area contributed by atoms with Crippen molar-refractivity contribution in [3.63, 3.8) is 0 Å². The summed E-state index contributed by atoms with van der Waals surface area (Å²) in [7, 11) is 0. The quantitative estimate of drug-likeness (QED) is 0.543. The van der Waals surface area contributed by atoms with Gasteiger partial charge in [0.05, 0.1) is 30.1 Å². The first-order valence-electron chi connectivity index (χ1n) is 5.89. The van der Waals surface area contributed by atoms with Crippen LogP contribution in [0.1, 0.15) is 5.76 Å². The van der Waals surface area contributed by atoms with E-state index in [1.807, 2.05) is 6.07 Å². The molecular formula is C12H11N5O2S. The summed E-state index contributed by atoms with van der Waals surface area (Å²) in [6.45, 7) is 0.386. The smallest absolute Gasteiger partial charge is 0.230 e. The number of hydrogen-bond donors (Lipinski definition) is 2. The first-order valence-corrected chi connectivity index (χ1v) is 6.87. The molecule has 0 bridgehead atoms. The molecule has 7 nitrogen and oxygen atoms in total. The molecule has 3 aromatic rings. The fourth-order valence-electron chi connectivity index (χ4n) is 1.64. The number of fused-ring (bicyclic) bond motifs is 1. The predicted molar refractivity (Wildman–Crippen MR) is 73.0 cm³/mol. The molecule has 0 saturated heterocycles. The summed E-state index contributed by atoms with van der Waals surface area (Å²) in [5.41, 5.74) is 0.665. The van der Waals surface area contributed by atoms with Crippen LogP contribution in [0.2, 0.25) is 0 Å². The summed E-state index contributed by atoms with van der Waals surface area (Å²) >= 11 is 1.35. The van der Waals surface area contributed by atoms with Crippen LogP contribution in [0.4, 0.5) is 0 Å². The number of thioether (sulfide) groups is 1. The fourth-order valence-corrected chi connectivity index (χ4v) is 2.44. The molecule has 0 aliphatic heterocycles. The van der Waals surface area contributed by atoms with Gasteiger partial charge in [-0.1, -0.05) is 11.8 Å². The molecule has 102 valence electrons. The molecule has 0 unspecified atom stereocenters. The summed E-state index contributed by atoms with van der Waals surface area (Å²) in [5, 5.41) is 11.0. The number of hydrogen-bond acceptors (Lipinski definition) is 6. The highest BCUT2D eigenvalue weighted by Gasteiger charge is 2.09. The second kappa shape index (κ2) is 5.74. The van der Waals surface area contributed by atoms with Gasteiger partial charge in [-0.25, -0.2) is 9.97 Å². The van der Waals surface area contributed by atoms with Crippen LogP contribution in [-0.4, -0.2) is 31.8 Å². The lowest BCUT2D eigenvalue weighted by Gasteiger charge is -2.03. The van der Waals surface area contributed by atoms with Gasteiger partial charge in [0.25, 0.3) is 0 Å². The van der Waals surface area contributed by atoms with Crippen LogP contribution >= 0.6 is 11.8 Å². The van der Waals surface area contributed by atoms with Crippen molar-refractivity contribution in [2.24, 2.45) is 0 Å². The normalized spacial score (nSPS) is 10.8. The van der Waals surface area contributed by atoms with Crippen LogP contribution in [-0.2, 0) is 11.3 Å². The second-order valence-electron chi connectivity index (χ2n) is 3.96. The van der Waals surface area contributed by atoms with Gasteiger partial charge in [-0.05, 0) is 12.1 Å². The Balaban J connectivity index is 1.56. The molecule has 0 aliphatic carbocycles. The van der Waals surface area contributed by atoms with Gasteiger partial charge in [-0.2, -0.15) is 5.10 Å². The maximum absolute atomic E-state index is 11.7. The Labute approximate surface area is 118 Å². The van der Waals surface area contributed by atoms with Crippen molar-refractivity contribution in [2.75, 3.05) is 5.75 Å². The summed E-state index contributed by atoms with van der Waals surface area (Å²) in [6, 6.07) is 3.60. The maximum Gasteiger partial charge on any atom is 0.230 e. The van der Waals surface area contributed by atoms with Crippen molar-refractivity contribution >= 4 is 28.7 Å². The van der Waals surface area contributed by atoms with Crippen LogP contribution in [0.3, 0.4) is 0 Å². The SMILES string of the molecule is O=C(CSc1ncnc2[nH]ncc12)NCc1ccco1. The zero-order valence-corrected chi connectivity index (χ0v) is 11.2. The minimum absolute atomic E-state index is 0.0818. The van der Waals surface area contributed by atoms with Crippen LogP contribution in [0.5, 0.6) is 0 Å². The van der Waals surface area contributed by atoms with Crippen molar-refractivity contribution < 1.29 is 9.21 Å². The number of aromatic nitrogens is 4. The monoisotopic (exact) mass is 289 g/mol. The van der Waals surface area contributed by atoms with Crippen molar-refractivity contribution in [2.45, 2.75) is 11.6 Å². The van der Waals surface area contributed by atoms with E-state index >= 15 is 0 Å². The molecule has 0 spiro atoms. The summed E-state index contributed by atoms with van der Waals surface area (Å²) in [4.78, 5) is 19.9. The molecule has 2 N–H and O–H groups in total. The minimum Gasteiger partial charge on any atom is -0.467 e. The summed E-state index contributed by atoms with van der Waals surface area (Å²) in [6.07, 6.45) is 4.68. The number of carbonyl (C=O) groups is 1. The van der Waals surface area contributed by atoms with E-state index in [0.717, 1.165) is 16.2 Å². The molecule has 0 radical (unpaired) electrons. The molecule has 0 atom stereocenters. The molecule has 0 aromatic carbocycles. The van der Waals surface area contributed by atoms with Crippen molar-refractivity contribution in [3.05, 3.63) is 36.7 Å². The summed E-state index contributed by atoms with van der Waals surface area (Å²) in [5.74, 6) is 0.919. The summed E-state index contributed by atoms with van der Waals surface area (Å²) < 4.78 is 5.14. The van der Waals surface area contributed by atoms with E-state index in [2.05, 4.69) is 25.5 Å². The van der Waals surface area contributed by atoms with E-state index in [1.165, 1.54) is 18.1 Å². The Bertz CT molecular complexity index is 710. The Hall–Kier alpha value is -2.35. The van der Waals surface area contributed by atoms with Crippen LogP contribution in [0.15, 0.2) is 40.4 Å². The number of carbonyl (C=O) groups excluding carboxylic acids is 1. The number of amides is 1. The number of furan rings is 1. The number of rotatable bonds is 5. The predicted octanol–water partition coefficient (Wildman–Crippen LogP) is 1.35. The van der Waals surface area contributed by atoms with Crippen molar-refractivity contribution in [3.8, 4) is 0 Å². The molecule has 3 heterocycles. The van der Waals surface area contributed by atoms with Crippen LogP contribution in [0.25, 0.3) is 11.0 Å². The molecule has 0 fully saturated rings. The second-order valence-corrected chi connectivity index (χ2v) is 4.92. The van der Waals surface area contributed by atoms with Gasteiger partial charge >= 0.3 is 0 Å². The highest BCUT2D eigenvalue weighted by atomic mass is 32.2. The fraction of sp³-hybridized carbons (Fsp3) is 0.167. The molecule has 8 heteroatoms. The Morgan fingerprint density at radius 3 is 3.25 bits per heavy atom. The molecule has 3 aromatic heterocycles. The zero-order chi connectivity index (χ0) is 13.8. The Morgan fingerprint density at radius 2 is 2.40 bits per heavy atom. The maximum atomic E-state index is 11.7. The number of aromatic amines is 1. The Kier molecular flexibility index (Phi) is 3.64. The zero-order valence-electron chi connectivity index (χ0n) is 10.4. The highest BCUT2D eigenvalue weighted by molar-refractivity contribution is 8.00. The van der Waals surface area contributed by atoms with Gasteiger partial charge in [0, 0.05) is 0 Å². The third-order valence-electron chi connectivity index (χ3n) is 2.59. The van der Waals surface area contributed by atoms with Gasteiger partial charge in [0.2, 0.25) is 5.91 Å². The van der Waals surface area contributed by atoms with Crippen LogP contribution in [0, 0.1) is 0 Å². The third kappa shape index (κ3) is 2.80. The van der Waals surface area contributed by atoms with E-state index in [0.29, 0.717) is 12.2 Å². The lowest BCUT2D eigenvalue weighted by Crippen LogP contribution is -2.24. The van der Waals surface area contributed by atoms with E-state index < -0.39 is 0 Å². The van der Waals surface area contributed by atoms with Gasteiger partial charge in [0.15, 0.2) is 5.65 Å². The molecule has 20 heavy (non-hydrogen) atoms. The van der Waals surface area contributed by atoms with E-state index in [-0.39, 0.29) is 11.7 Å². The molecule has 3 rings (SSSR count).